The van der Waals surface area contributed by atoms with E-state index >= 15 is 0 Å². The first kappa shape index (κ1) is 8.49. The lowest BCUT2D eigenvalue weighted by molar-refractivity contribution is -0.385. The topological polar surface area (TPSA) is 78.7 Å². The highest BCUT2D eigenvalue weighted by Crippen LogP contribution is 2.33. The maximum Gasteiger partial charge on any atom is 0.514 e. The number of nitro groups is 1. The zero-order valence-corrected chi connectivity index (χ0v) is 6.93. The molecular formula is C8H5NO5. The molecule has 2 rings (SSSR count). The molecule has 0 bridgehead atoms. The molecule has 0 radical (unpaired) electrons. The smallest absolute Gasteiger partial charge is 0.429 e. The van der Waals surface area contributed by atoms with E-state index in [9.17, 15) is 14.9 Å². The Balaban J connectivity index is 2.54. The van der Waals surface area contributed by atoms with Gasteiger partial charge in [-0.2, -0.15) is 0 Å². The molecule has 1 aromatic carbocycles. The quantitative estimate of drug-likeness (QED) is 0.294. The Morgan fingerprint density at radius 3 is 2.93 bits per heavy atom. The van der Waals surface area contributed by atoms with Crippen molar-refractivity contribution in [2.24, 2.45) is 0 Å². The summed E-state index contributed by atoms with van der Waals surface area (Å²) in [6, 6.07) is 4.39. The van der Waals surface area contributed by atoms with Gasteiger partial charge in [0.15, 0.2) is 0 Å². The summed E-state index contributed by atoms with van der Waals surface area (Å²) >= 11 is 0. The average Bonchev–Trinajstić information content (AvgIpc) is 2.16. The fraction of sp³-hybridized carbons (Fsp3) is 0.125. The zero-order valence-electron chi connectivity index (χ0n) is 6.93. The number of para-hydroxylation sites is 1. The Morgan fingerprint density at radius 2 is 2.21 bits per heavy atom. The lowest BCUT2D eigenvalue weighted by Gasteiger charge is -2.14. The number of rotatable bonds is 1. The Bertz CT molecular complexity index is 414. The first-order valence-corrected chi connectivity index (χ1v) is 3.79. The first-order valence-electron chi connectivity index (χ1n) is 3.79. The molecule has 1 heterocycles. The highest BCUT2D eigenvalue weighted by Gasteiger charge is 2.26. The fourth-order valence-electron chi connectivity index (χ4n) is 1.20. The second-order valence-electron chi connectivity index (χ2n) is 2.66. The molecule has 6 nitrogen and oxygen atoms in total. The van der Waals surface area contributed by atoms with Crippen LogP contribution in [0.1, 0.15) is 5.56 Å². The van der Waals surface area contributed by atoms with Crippen molar-refractivity contribution in [3.8, 4) is 5.75 Å². The van der Waals surface area contributed by atoms with E-state index in [0.29, 0.717) is 5.56 Å². The summed E-state index contributed by atoms with van der Waals surface area (Å²) in [5.74, 6) is -0.0197. The molecule has 1 aliphatic rings. The van der Waals surface area contributed by atoms with Gasteiger partial charge in [-0.15, -0.1) is 0 Å². The highest BCUT2D eigenvalue weighted by molar-refractivity contribution is 5.70. The van der Waals surface area contributed by atoms with Crippen LogP contribution in [-0.4, -0.2) is 11.1 Å². The van der Waals surface area contributed by atoms with Crippen LogP contribution < -0.4 is 4.74 Å². The van der Waals surface area contributed by atoms with Crippen molar-refractivity contribution < 1.29 is 19.2 Å². The number of carbonyl (C=O) groups excluding carboxylic acids is 1. The molecule has 72 valence electrons. The van der Waals surface area contributed by atoms with E-state index in [-0.39, 0.29) is 18.0 Å². The van der Waals surface area contributed by atoms with Gasteiger partial charge in [0.05, 0.1) is 4.92 Å². The molecule has 0 aliphatic carbocycles. The van der Waals surface area contributed by atoms with E-state index in [1.807, 2.05) is 0 Å². The van der Waals surface area contributed by atoms with Crippen molar-refractivity contribution in [1.82, 2.24) is 0 Å². The summed E-state index contributed by atoms with van der Waals surface area (Å²) in [5.41, 5.74) is 0.276. The summed E-state index contributed by atoms with van der Waals surface area (Å²) in [6.07, 6.45) is -0.910. The van der Waals surface area contributed by atoms with Crippen LogP contribution in [-0.2, 0) is 11.3 Å². The molecule has 0 atom stereocenters. The van der Waals surface area contributed by atoms with Gasteiger partial charge in [-0.25, -0.2) is 4.79 Å². The average molecular weight is 195 g/mol. The van der Waals surface area contributed by atoms with Crippen molar-refractivity contribution >= 4 is 11.8 Å². The van der Waals surface area contributed by atoms with Crippen molar-refractivity contribution in [2.45, 2.75) is 6.61 Å². The number of carbonyl (C=O) groups is 1. The number of nitrogens with zero attached hydrogens (tertiary/aromatic N) is 1. The van der Waals surface area contributed by atoms with Gasteiger partial charge < -0.3 is 9.47 Å². The fourth-order valence-corrected chi connectivity index (χ4v) is 1.20. The molecule has 0 saturated carbocycles. The van der Waals surface area contributed by atoms with Crippen LogP contribution in [0, 0.1) is 10.1 Å². The van der Waals surface area contributed by atoms with E-state index in [2.05, 4.69) is 9.47 Å². The predicted molar refractivity (Wildman–Crippen MR) is 43.9 cm³/mol. The monoisotopic (exact) mass is 195 g/mol. The number of ether oxygens (including phenoxy) is 2. The molecular weight excluding hydrogens is 190 g/mol. The van der Waals surface area contributed by atoms with E-state index in [1.54, 1.807) is 6.07 Å². The van der Waals surface area contributed by atoms with E-state index < -0.39 is 11.1 Å². The molecule has 1 aliphatic heterocycles. The summed E-state index contributed by atoms with van der Waals surface area (Å²) in [5, 5.41) is 10.6. The lowest BCUT2D eigenvalue weighted by Crippen LogP contribution is -2.18. The molecule has 0 amide bonds. The Morgan fingerprint density at radius 1 is 1.43 bits per heavy atom. The van der Waals surface area contributed by atoms with Gasteiger partial charge in [0.1, 0.15) is 6.61 Å². The van der Waals surface area contributed by atoms with Gasteiger partial charge in [0, 0.05) is 11.6 Å². The Hall–Kier alpha value is -2.11. The van der Waals surface area contributed by atoms with E-state index in [1.165, 1.54) is 12.1 Å². The number of benzene rings is 1. The van der Waals surface area contributed by atoms with Crippen LogP contribution in [0.15, 0.2) is 18.2 Å². The van der Waals surface area contributed by atoms with Crippen molar-refractivity contribution in [2.75, 3.05) is 0 Å². The van der Waals surface area contributed by atoms with Crippen molar-refractivity contribution in [1.29, 1.82) is 0 Å². The second-order valence-corrected chi connectivity index (χ2v) is 2.66. The lowest BCUT2D eigenvalue weighted by atomic mass is 10.2. The third-order valence-corrected chi connectivity index (χ3v) is 1.80. The third-order valence-electron chi connectivity index (χ3n) is 1.80. The molecule has 1 aromatic rings. The van der Waals surface area contributed by atoms with Crippen molar-refractivity contribution in [3.63, 3.8) is 0 Å². The second kappa shape index (κ2) is 2.99. The van der Waals surface area contributed by atoms with Gasteiger partial charge in [0.2, 0.25) is 5.75 Å². The van der Waals surface area contributed by atoms with E-state index in [4.69, 9.17) is 0 Å². The van der Waals surface area contributed by atoms with Crippen LogP contribution in [0.3, 0.4) is 0 Å². The number of cyclic esters (lactones) is 1. The van der Waals surface area contributed by atoms with Crippen LogP contribution in [0.4, 0.5) is 10.5 Å². The number of hydrogen-bond acceptors (Lipinski definition) is 5. The summed E-state index contributed by atoms with van der Waals surface area (Å²) in [6.45, 7) is 0.00977. The molecule has 0 N–H and O–H groups in total. The molecule has 6 heteroatoms. The number of hydrogen-bond donors (Lipinski definition) is 0. The van der Waals surface area contributed by atoms with Crippen LogP contribution in [0.2, 0.25) is 0 Å². The molecule has 0 spiro atoms. The van der Waals surface area contributed by atoms with Gasteiger partial charge in [-0.05, 0) is 0 Å². The maximum absolute atomic E-state index is 10.7. The van der Waals surface area contributed by atoms with E-state index in [0.717, 1.165) is 0 Å². The molecule has 0 fully saturated rings. The van der Waals surface area contributed by atoms with Crippen LogP contribution in [0.25, 0.3) is 0 Å². The molecule has 0 unspecified atom stereocenters. The van der Waals surface area contributed by atoms with Gasteiger partial charge >= 0.3 is 11.8 Å². The molecule has 14 heavy (non-hydrogen) atoms. The zero-order chi connectivity index (χ0) is 10.1. The van der Waals surface area contributed by atoms with Crippen LogP contribution >= 0.6 is 0 Å². The molecule has 0 saturated heterocycles. The van der Waals surface area contributed by atoms with Gasteiger partial charge in [-0.1, -0.05) is 12.1 Å². The largest absolute Gasteiger partial charge is 0.514 e. The standard InChI is InChI=1S/C8H5NO5/c10-8-13-4-5-2-1-3-6(9(11)12)7(5)14-8/h1-3H,4H2. The Kier molecular flexibility index (Phi) is 1.81. The summed E-state index contributed by atoms with van der Waals surface area (Å²) in [7, 11) is 0. The van der Waals surface area contributed by atoms with Gasteiger partial charge in [-0.3, -0.25) is 10.1 Å². The Labute approximate surface area is 78.2 Å². The minimum Gasteiger partial charge on any atom is -0.429 e. The maximum atomic E-state index is 10.7. The minimum absolute atomic E-state index is 0.00977. The molecule has 0 aromatic heterocycles. The normalized spacial score (nSPS) is 13.9. The third kappa shape index (κ3) is 1.26. The van der Waals surface area contributed by atoms with Crippen molar-refractivity contribution in [3.05, 3.63) is 33.9 Å². The number of nitro benzene ring substituents is 1. The highest BCUT2D eigenvalue weighted by atomic mass is 16.7. The van der Waals surface area contributed by atoms with Gasteiger partial charge in [0.25, 0.3) is 0 Å². The van der Waals surface area contributed by atoms with Crippen LogP contribution in [0.5, 0.6) is 5.75 Å². The summed E-state index contributed by atoms with van der Waals surface area (Å²) in [4.78, 5) is 20.7. The minimum atomic E-state index is -0.910. The predicted octanol–water partition coefficient (Wildman–Crippen LogP) is 1.62. The first-order chi connectivity index (χ1) is 6.68. The number of fused-ring (bicyclic) bond motifs is 1. The summed E-state index contributed by atoms with van der Waals surface area (Å²) < 4.78 is 9.18. The SMILES string of the molecule is O=C1OCc2cccc([N+](=O)[O-])c2O1.